The normalized spacial score (nSPS) is 15.3. The minimum atomic E-state index is -0.119. The number of carbonyl (C=O) groups is 1. The molecular weight excluding hydrogens is 274 g/mol. The van der Waals surface area contributed by atoms with Crippen molar-refractivity contribution in [1.82, 2.24) is 5.32 Å². The van der Waals surface area contributed by atoms with Gasteiger partial charge < -0.3 is 14.8 Å². The van der Waals surface area contributed by atoms with Gasteiger partial charge in [0.25, 0.3) is 0 Å². The SMILES string of the molecule is CCCNC(=O)C(C)Sc1ccc2c(c1)OCCCO2. The van der Waals surface area contributed by atoms with Gasteiger partial charge in [0, 0.05) is 17.9 Å². The van der Waals surface area contributed by atoms with Gasteiger partial charge in [0.05, 0.1) is 18.5 Å². The third kappa shape index (κ3) is 4.07. The predicted molar refractivity (Wildman–Crippen MR) is 80.7 cm³/mol. The Bertz CT molecular complexity index is 464. The number of fused-ring (bicyclic) bond motifs is 1. The van der Waals surface area contributed by atoms with Crippen LogP contribution in [0.25, 0.3) is 0 Å². The fourth-order valence-electron chi connectivity index (χ4n) is 1.87. The first-order valence-corrected chi connectivity index (χ1v) is 7.92. The number of ether oxygens (including phenoxy) is 2. The van der Waals surface area contributed by atoms with Crippen LogP contribution in [-0.4, -0.2) is 30.9 Å². The molecule has 1 aromatic carbocycles. The first-order valence-electron chi connectivity index (χ1n) is 7.04. The van der Waals surface area contributed by atoms with E-state index in [1.54, 1.807) is 0 Å². The second kappa shape index (κ2) is 7.43. The van der Waals surface area contributed by atoms with Gasteiger partial charge in [0.2, 0.25) is 5.91 Å². The highest BCUT2D eigenvalue weighted by molar-refractivity contribution is 8.00. The molecule has 1 amide bonds. The molecule has 1 aliphatic heterocycles. The quantitative estimate of drug-likeness (QED) is 0.849. The van der Waals surface area contributed by atoms with Crippen LogP contribution >= 0.6 is 11.8 Å². The smallest absolute Gasteiger partial charge is 0.233 e. The van der Waals surface area contributed by atoms with Gasteiger partial charge in [-0.05, 0) is 31.5 Å². The van der Waals surface area contributed by atoms with E-state index in [0.717, 1.165) is 35.8 Å². The van der Waals surface area contributed by atoms with Crippen LogP contribution in [0.15, 0.2) is 23.1 Å². The first-order chi connectivity index (χ1) is 9.70. The zero-order chi connectivity index (χ0) is 14.4. The van der Waals surface area contributed by atoms with Gasteiger partial charge in [0.15, 0.2) is 11.5 Å². The lowest BCUT2D eigenvalue weighted by Gasteiger charge is -2.13. The van der Waals surface area contributed by atoms with Crippen LogP contribution in [0, 0.1) is 0 Å². The Morgan fingerprint density at radius 3 is 2.85 bits per heavy atom. The predicted octanol–water partition coefficient (Wildman–Crippen LogP) is 2.85. The summed E-state index contributed by atoms with van der Waals surface area (Å²) in [7, 11) is 0. The van der Waals surface area contributed by atoms with Crippen molar-refractivity contribution in [3.63, 3.8) is 0 Å². The van der Waals surface area contributed by atoms with Crippen molar-refractivity contribution in [2.75, 3.05) is 19.8 Å². The van der Waals surface area contributed by atoms with Crippen LogP contribution < -0.4 is 14.8 Å². The summed E-state index contributed by atoms with van der Waals surface area (Å²) in [5, 5.41) is 2.79. The van der Waals surface area contributed by atoms with Crippen molar-refractivity contribution in [3.8, 4) is 11.5 Å². The molecule has 5 heteroatoms. The summed E-state index contributed by atoms with van der Waals surface area (Å²) in [6.07, 6.45) is 1.85. The largest absolute Gasteiger partial charge is 0.490 e. The average Bonchev–Trinajstić information content (AvgIpc) is 2.69. The molecule has 0 aromatic heterocycles. The minimum Gasteiger partial charge on any atom is -0.490 e. The third-order valence-electron chi connectivity index (χ3n) is 2.95. The zero-order valence-corrected chi connectivity index (χ0v) is 12.8. The highest BCUT2D eigenvalue weighted by Gasteiger charge is 2.16. The standard InChI is InChI=1S/C15H21NO3S/c1-3-7-16-15(17)11(2)20-12-5-6-13-14(10-12)19-9-4-8-18-13/h5-6,10-11H,3-4,7-9H2,1-2H3,(H,16,17). The van der Waals surface area contributed by atoms with Crippen molar-refractivity contribution in [2.24, 2.45) is 0 Å². The van der Waals surface area contributed by atoms with Crippen molar-refractivity contribution in [2.45, 2.75) is 36.8 Å². The van der Waals surface area contributed by atoms with Crippen molar-refractivity contribution in [3.05, 3.63) is 18.2 Å². The first kappa shape index (κ1) is 15.0. The lowest BCUT2D eigenvalue weighted by molar-refractivity contribution is -0.120. The summed E-state index contributed by atoms with van der Waals surface area (Å²) in [5.41, 5.74) is 0. The fraction of sp³-hybridized carbons (Fsp3) is 0.533. The van der Waals surface area contributed by atoms with Crippen LogP contribution in [0.5, 0.6) is 11.5 Å². The zero-order valence-electron chi connectivity index (χ0n) is 12.0. The van der Waals surface area contributed by atoms with Crippen LogP contribution in [0.3, 0.4) is 0 Å². The van der Waals surface area contributed by atoms with Crippen LogP contribution in [0.1, 0.15) is 26.7 Å². The molecule has 2 rings (SSSR count). The number of rotatable bonds is 5. The van der Waals surface area contributed by atoms with Gasteiger partial charge in [-0.1, -0.05) is 6.92 Å². The van der Waals surface area contributed by atoms with E-state index in [1.165, 1.54) is 11.8 Å². The average molecular weight is 295 g/mol. The molecule has 0 spiro atoms. The molecule has 1 heterocycles. The van der Waals surface area contributed by atoms with Gasteiger partial charge in [-0.25, -0.2) is 0 Å². The summed E-state index contributed by atoms with van der Waals surface area (Å²) >= 11 is 1.53. The minimum absolute atomic E-state index is 0.0731. The molecule has 1 unspecified atom stereocenters. The molecule has 0 radical (unpaired) electrons. The summed E-state index contributed by atoms with van der Waals surface area (Å²) < 4.78 is 11.3. The topological polar surface area (TPSA) is 47.6 Å². The summed E-state index contributed by atoms with van der Waals surface area (Å²) in [4.78, 5) is 12.9. The number of amides is 1. The second-order valence-electron chi connectivity index (χ2n) is 4.71. The van der Waals surface area contributed by atoms with Crippen LogP contribution in [-0.2, 0) is 4.79 Å². The summed E-state index contributed by atoms with van der Waals surface area (Å²) in [6.45, 7) is 6.05. The fourth-order valence-corrected chi connectivity index (χ4v) is 2.79. The molecule has 20 heavy (non-hydrogen) atoms. The van der Waals surface area contributed by atoms with Gasteiger partial charge >= 0.3 is 0 Å². The van der Waals surface area contributed by atoms with Gasteiger partial charge in [-0.3, -0.25) is 4.79 Å². The molecule has 1 atom stereocenters. The van der Waals surface area contributed by atoms with Crippen molar-refractivity contribution >= 4 is 17.7 Å². The number of benzene rings is 1. The maximum absolute atomic E-state index is 11.9. The molecular formula is C15H21NO3S. The molecule has 0 aliphatic carbocycles. The Kier molecular flexibility index (Phi) is 5.59. The van der Waals surface area contributed by atoms with E-state index in [1.807, 2.05) is 32.0 Å². The van der Waals surface area contributed by atoms with E-state index in [0.29, 0.717) is 13.2 Å². The van der Waals surface area contributed by atoms with Crippen molar-refractivity contribution in [1.29, 1.82) is 0 Å². The molecule has 0 saturated carbocycles. The lowest BCUT2D eigenvalue weighted by atomic mass is 10.3. The van der Waals surface area contributed by atoms with E-state index in [-0.39, 0.29) is 11.2 Å². The highest BCUT2D eigenvalue weighted by Crippen LogP contribution is 2.35. The van der Waals surface area contributed by atoms with Gasteiger partial charge in [-0.15, -0.1) is 11.8 Å². The monoisotopic (exact) mass is 295 g/mol. The van der Waals surface area contributed by atoms with Gasteiger partial charge in [-0.2, -0.15) is 0 Å². The number of carbonyl (C=O) groups excluding carboxylic acids is 1. The second-order valence-corrected chi connectivity index (χ2v) is 6.12. The molecule has 0 saturated heterocycles. The van der Waals surface area contributed by atoms with Gasteiger partial charge in [0.1, 0.15) is 0 Å². The van der Waals surface area contributed by atoms with Crippen molar-refractivity contribution < 1.29 is 14.3 Å². The maximum Gasteiger partial charge on any atom is 0.233 e. The van der Waals surface area contributed by atoms with Crippen LogP contribution in [0.2, 0.25) is 0 Å². The third-order valence-corrected chi connectivity index (χ3v) is 4.04. The number of hydrogen-bond acceptors (Lipinski definition) is 4. The van der Waals surface area contributed by atoms with E-state index >= 15 is 0 Å². The molecule has 0 fully saturated rings. The Morgan fingerprint density at radius 2 is 2.10 bits per heavy atom. The molecule has 1 N–H and O–H groups in total. The van der Waals surface area contributed by atoms with E-state index in [9.17, 15) is 4.79 Å². The summed E-state index contributed by atoms with van der Waals surface area (Å²) in [6, 6.07) is 5.84. The number of thioether (sulfide) groups is 1. The molecule has 1 aromatic rings. The lowest BCUT2D eigenvalue weighted by Crippen LogP contribution is -2.31. The number of hydrogen-bond donors (Lipinski definition) is 1. The van der Waals surface area contributed by atoms with E-state index in [2.05, 4.69) is 5.32 Å². The molecule has 0 bridgehead atoms. The molecule has 4 nitrogen and oxygen atoms in total. The Balaban J connectivity index is 1.99. The Labute approximate surface area is 124 Å². The van der Waals surface area contributed by atoms with E-state index in [4.69, 9.17) is 9.47 Å². The highest BCUT2D eigenvalue weighted by atomic mass is 32.2. The Morgan fingerprint density at radius 1 is 1.35 bits per heavy atom. The van der Waals surface area contributed by atoms with Crippen LogP contribution in [0.4, 0.5) is 0 Å². The summed E-state index contributed by atoms with van der Waals surface area (Å²) in [5.74, 6) is 1.63. The number of nitrogens with one attached hydrogen (secondary N) is 1. The van der Waals surface area contributed by atoms with E-state index < -0.39 is 0 Å². The molecule has 1 aliphatic rings. The Hall–Kier alpha value is -1.36. The maximum atomic E-state index is 11.9. The molecule has 110 valence electrons.